The molecule has 3 fully saturated rings. The molecule has 16 heteroatoms. The fraction of sp³-hybridized carbons (Fsp3) is 0.412. The first-order valence-corrected chi connectivity index (χ1v) is 19.2. The lowest BCUT2D eigenvalue weighted by atomic mass is 9.77. The van der Waals surface area contributed by atoms with Gasteiger partial charge in [-0.05, 0) is 55.0 Å². The molecule has 3 aromatic heterocycles. The largest absolute Gasteiger partial charge is 0.383 e. The molecule has 0 amide bonds. The highest BCUT2D eigenvalue weighted by Crippen LogP contribution is 2.54. The van der Waals surface area contributed by atoms with E-state index in [0.29, 0.717) is 44.5 Å². The Balaban J connectivity index is 1.15. The lowest BCUT2D eigenvalue weighted by molar-refractivity contribution is -0.0825. The number of hydrogen-bond donors (Lipinski definition) is 1. The van der Waals surface area contributed by atoms with Gasteiger partial charge in [-0.15, -0.1) is 11.3 Å². The Morgan fingerprint density at radius 3 is 2.64 bits per heavy atom. The minimum Gasteiger partial charge on any atom is -0.383 e. The number of alkyl halides is 2. The van der Waals surface area contributed by atoms with Crippen LogP contribution in [0.1, 0.15) is 54.3 Å². The number of halogens is 4. The Morgan fingerprint density at radius 1 is 1.12 bits per heavy atom. The van der Waals surface area contributed by atoms with Gasteiger partial charge in [-0.25, -0.2) is 26.8 Å². The summed E-state index contributed by atoms with van der Waals surface area (Å²) in [6.07, 6.45) is 5.43. The third-order valence-corrected chi connectivity index (χ3v) is 13.6. The van der Waals surface area contributed by atoms with Crippen LogP contribution in [0.2, 0.25) is 5.02 Å². The van der Waals surface area contributed by atoms with Crippen LogP contribution >= 0.6 is 22.9 Å². The lowest BCUT2D eigenvalue weighted by Crippen LogP contribution is -2.55. The van der Waals surface area contributed by atoms with Gasteiger partial charge in [0.05, 0.1) is 17.1 Å². The number of sulfonamides is 1. The van der Waals surface area contributed by atoms with Crippen LogP contribution in [0.25, 0.3) is 5.57 Å². The van der Waals surface area contributed by atoms with Crippen LogP contribution in [-0.4, -0.2) is 73.7 Å². The number of rotatable bonds is 8. The number of aliphatic imine (C=N–C) groups is 1. The molecule has 1 aromatic carbocycles. The fourth-order valence-corrected chi connectivity index (χ4v) is 11.1. The minimum atomic E-state index is -3.81. The highest BCUT2D eigenvalue weighted by atomic mass is 35.5. The normalized spacial score (nSPS) is 28.4. The Bertz CT molecular complexity index is 2100. The summed E-state index contributed by atoms with van der Waals surface area (Å²) in [7, 11) is -3.81. The maximum absolute atomic E-state index is 14.2. The van der Waals surface area contributed by atoms with Crippen LogP contribution in [0, 0.1) is 29.5 Å². The zero-order valence-electron chi connectivity index (χ0n) is 26.8. The van der Waals surface area contributed by atoms with Gasteiger partial charge >= 0.3 is 6.55 Å². The molecule has 1 aliphatic carbocycles. The van der Waals surface area contributed by atoms with E-state index >= 15 is 0 Å². The van der Waals surface area contributed by atoms with E-state index in [-0.39, 0.29) is 60.3 Å². The van der Waals surface area contributed by atoms with Crippen molar-refractivity contribution in [1.29, 1.82) is 0 Å². The van der Waals surface area contributed by atoms with Crippen LogP contribution in [0.5, 0.6) is 0 Å². The van der Waals surface area contributed by atoms with Crippen molar-refractivity contribution in [2.24, 2.45) is 28.7 Å². The van der Waals surface area contributed by atoms with Crippen molar-refractivity contribution in [3.8, 4) is 0 Å². The lowest BCUT2D eigenvalue weighted by Gasteiger charge is -2.44. The van der Waals surface area contributed by atoms with Gasteiger partial charge < -0.3 is 10.0 Å². The van der Waals surface area contributed by atoms with E-state index in [0.717, 1.165) is 0 Å². The van der Waals surface area contributed by atoms with E-state index in [1.54, 1.807) is 29.9 Å². The molecule has 50 heavy (non-hydrogen) atoms. The van der Waals surface area contributed by atoms with Gasteiger partial charge in [-0.2, -0.15) is 13.9 Å². The minimum absolute atomic E-state index is 0.0979. The highest BCUT2D eigenvalue weighted by molar-refractivity contribution is 7.89. The van der Waals surface area contributed by atoms with Crippen molar-refractivity contribution >= 4 is 44.4 Å². The van der Waals surface area contributed by atoms with Gasteiger partial charge in [0.25, 0.3) is 0 Å². The van der Waals surface area contributed by atoms with Gasteiger partial charge in [0.2, 0.25) is 10.0 Å². The van der Waals surface area contributed by atoms with E-state index in [1.807, 2.05) is 11.0 Å². The number of pyridine rings is 1. The summed E-state index contributed by atoms with van der Waals surface area (Å²) >= 11 is 7.93. The molecule has 2 saturated heterocycles. The maximum Gasteiger partial charge on any atom is 0.333 e. The summed E-state index contributed by atoms with van der Waals surface area (Å²) in [5, 5.41) is 18.6. The standard InChI is InChI=1S/C34H33ClF3N7O3S2/c1-19-12-21-16-43(17-24(19)34(21,46)28-4-2-3-8-39-28)50(47,48)18-20-13-27-29(26-7-10-45(42-26)33(37)38)30(23-6-5-22(36)14-25(23)35)41-31(44(27)15-20)32-40-9-11-49-32/h2-11,14,19-21,24,30,33,46H,12-13,15-18H2,1H3/t19-,20-,21?,24?,30-,34?/m0/s1. The molecule has 4 aromatic rings. The predicted octanol–water partition coefficient (Wildman–Crippen LogP) is 5.96. The Hall–Kier alpha value is -3.63. The summed E-state index contributed by atoms with van der Waals surface area (Å²) in [6, 6.07) is 10.00. The van der Waals surface area contributed by atoms with Crippen LogP contribution in [0.4, 0.5) is 13.2 Å². The molecular weight excluding hydrogens is 711 g/mol. The summed E-state index contributed by atoms with van der Waals surface area (Å²) in [5.41, 5.74) is 1.21. The first-order valence-electron chi connectivity index (χ1n) is 16.3. The van der Waals surface area contributed by atoms with Gasteiger partial charge in [0, 0.05) is 77.3 Å². The number of hydrogen-bond acceptors (Lipinski definition) is 9. The molecular formula is C34H33ClF3N7O3S2. The summed E-state index contributed by atoms with van der Waals surface area (Å²) in [5.74, 6) is -1.15. The molecule has 0 spiro atoms. The van der Waals surface area contributed by atoms with Gasteiger partial charge in [-0.3, -0.25) is 9.98 Å². The molecule has 8 rings (SSSR count). The first kappa shape index (κ1) is 33.5. The number of allylic oxidation sites excluding steroid dienone is 1. The first-order chi connectivity index (χ1) is 23.9. The van der Waals surface area contributed by atoms with Crippen molar-refractivity contribution in [1.82, 2.24) is 29.0 Å². The van der Waals surface area contributed by atoms with Gasteiger partial charge in [-0.1, -0.05) is 30.7 Å². The second-order valence-electron chi connectivity index (χ2n) is 13.5. The van der Waals surface area contributed by atoms with Crippen LogP contribution in [0.15, 0.2) is 77.1 Å². The van der Waals surface area contributed by atoms with Crippen molar-refractivity contribution in [2.45, 2.75) is 38.0 Å². The molecule has 3 aliphatic heterocycles. The molecule has 2 bridgehead atoms. The molecule has 262 valence electrons. The molecule has 3 unspecified atom stereocenters. The van der Waals surface area contributed by atoms with E-state index in [4.69, 9.17) is 16.6 Å². The molecule has 1 N–H and O–H groups in total. The van der Waals surface area contributed by atoms with Crippen molar-refractivity contribution in [3.63, 3.8) is 0 Å². The van der Waals surface area contributed by atoms with Crippen molar-refractivity contribution in [3.05, 3.63) is 105 Å². The number of aliphatic hydroxyl groups is 1. The summed E-state index contributed by atoms with van der Waals surface area (Å²) in [6.45, 7) is -0.181. The topological polar surface area (TPSA) is 117 Å². The summed E-state index contributed by atoms with van der Waals surface area (Å²) < 4.78 is 72.2. The summed E-state index contributed by atoms with van der Waals surface area (Å²) in [4.78, 5) is 15.9. The quantitative estimate of drug-likeness (QED) is 0.237. The number of thiazole rings is 1. The fourth-order valence-electron chi connectivity index (χ4n) is 8.37. The van der Waals surface area contributed by atoms with Crippen LogP contribution in [-0.2, 0) is 15.6 Å². The Labute approximate surface area is 296 Å². The van der Waals surface area contributed by atoms with Gasteiger partial charge in [0.1, 0.15) is 17.5 Å². The average molecular weight is 744 g/mol. The molecule has 6 heterocycles. The molecule has 6 atom stereocenters. The van der Waals surface area contributed by atoms with E-state index in [9.17, 15) is 26.7 Å². The predicted molar refractivity (Wildman–Crippen MR) is 182 cm³/mol. The second-order valence-corrected chi connectivity index (χ2v) is 16.8. The smallest absolute Gasteiger partial charge is 0.333 e. The molecule has 4 aliphatic rings. The number of fused-ring (bicyclic) bond motifs is 3. The van der Waals surface area contributed by atoms with E-state index < -0.39 is 40.0 Å². The number of aromatic nitrogens is 4. The SMILES string of the molecule is C[C@H]1CC2CN(S(=O)(=O)C[C@H]3CC4=C(c5ccn(C(F)F)n5)[C@H](c5ccc(F)cc5Cl)N=C(c5nccs5)N4C3)CC1C2(O)c1ccccn1. The average Bonchev–Trinajstić information content (AvgIpc) is 3.88. The monoisotopic (exact) mass is 743 g/mol. The zero-order chi connectivity index (χ0) is 34.9. The number of piperidine rings is 1. The van der Waals surface area contributed by atoms with Crippen LogP contribution in [0.3, 0.4) is 0 Å². The Kier molecular flexibility index (Phi) is 8.41. The number of nitrogens with zero attached hydrogens (tertiary/aromatic N) is 7. The Morgan fingerprint density at radius 2 is 1.96 bits per heavy atom. The molecule has 0 radical (unpaired) electrons. The third kappa shape index (κ3) is 5.57. The van der Waals surface area contributed by atoms with Gasteiger partial charge in [0.15, 0.2) is 10.8 Å². The maximum atomic E-state index is 14.2. The van der Waals surface area contributed by atoms with Crippen LogP contribution < -0.4 is 0 Å². The zero-order valence-corrected chi connectivity index (χ0v) is 29.2. The number of benzene rings is 1. The third-order valence-electron chi connectivity index (χ3n) is 10.6. The van der Waals surface area contributed by atoms with Crippen molar-refractivity contribution < 1.29 is 26.7 Å². The highest BCUT2D eigenvalue weighted by Gasteiger charge is 2.59. The second kappa shape index (κ2) is 12.5. The van der Waals surface area contributed by atoms with Crippen molar-refractivity contribution in [2.75, 3.05) is 25.4 Å². The molecule has 1 saturated carbocycles. The molecule has 10 nitrogen and oxygen atoms in total. The van der Waals surface area contributed by atoms with E-state index in [2.05, 4.69) is 22.0 Å². The van der Waals surface area contributed by atoms with E-state index in [1.165, 1.54) is 46.1 Å². The number of amidine groups is 1.